The number of halogens is 2. The highest BCUT2D eigenvalue weighted by Gasteiger charge is 2.17. The van der Waals surface area contributed by atoms with Crippen LogP contribution in [0.5, 0.6) is 11.5 Å². The molecule has 3 rings (SSSR count). The van der Waals surface area contributed by atoms with Gasteiger partial charge < -0.3 is 14.8 Å². The summed E-state index contributed by atoms with van der Waals surface area (Å²) >= 11 is 7.11. The van der Waals surface area contributed by atoms with Gasteiger partial charge in [-0.25, -0.2) is 0 Å². The van der Waals surface area contributed by atoms with Gasteiger partial charge in [0.1, 0.15) is 0 Å². The highest BCUT2D eigenvalue weighted by atomic mass is 79.9. The lowest BCUT2D eigenvalue weighted by Gasteiger charge is -2.11. The molecular weight excluding hydrogens is 386 g/mol. The van der Waals surface area contributed by atoms with Crippen molar-refractivity contribution in [1.29, 1.82) is 0 Å². The molecule has 2 aromatic rings. The van der Waals surface area contributed by atoms with E-state index in [1.54, 1.807) is 0 Å². The highest BCUT2D eigenvalue weighted by Crippen LogP contribution is 2.40. The van der Waals surface area contributed by atoms with Crippen LogP contribution in [0.15, 0.2) is 39.3 Å². The normalized spacial score (nSPS) is 12.6. The Hall–Kier alpha value is -1.20. The Bertz CT molecular complexity index is 659. The van der Waals surface area contributed by atoms with Crippen LogP contribution >= 0.6 is 31.9 Å². The first-order valence-corrected chi connectivity index (χ1v) is 7.81. The predicted molar refractivity (Wildman–Crippen MR) is 86.5 cm³/mol. The fraction of sp³-hybridized carbons (Fsp3) is 0.200. The van der Waals surface area contributed by atoms with Crippen molar-refractivity contribution in [3.05, 3.63) is 50.4 Å². The third kappa shape index (κ3) is 2.65. The van der Waals surface area contributed by atoms with Gasteiger partial charge in [0, 0.05) is 16.7 Å². The Kier molecular flexibility index (Phi) is 3.89. The van der Waals surface area contributed by atoms with Crippen molar-refractivity contribution >= 4 is 37.5 Å². The van der Waals surface area contributed by atoms with E-state index >= 15 is 0 Å². The number of aryl methyl sites for hydroxylation is 1. The summed E-state index contributed by atoms with van der Waals surface area (Å²) in [6.45, 7) is 3.08. The molecule has 1 N–H and O–H groups in total. The summed E-state index contributed by atoms with van der Waals surface area (Å²) in [7, 11) is 0. The van der Waals surface area contributed by atoms with E-state index in [1.165, 1.54) is 5.56 Å². The van der Waals surface area contributed by atoms with E-state index in [2.05, 4.69) is 56.2 Å². The van der Waals surface area contributed by atoms with Gasteiger partial charge in [-0.05, 0) is 68.1 Å². The average Bonchev–Trinajstić information content (AvgIpc) is 2.89. The molecule has 0 fully saturated rings. The molecule has 0 saturated carbocycles. The third-order valence-electron chi connectivity index (χ3n) is 3.16. The van der Waals surface area contributed by atoms with E-state index in [0.717, 1.165) is 38.2 Å². The number of ether oxygens (including phenoxy) is 2. The molecule has 0 atom stereocenters. The summed E-state index contributed by atoms with van der Waals surface area (Å²) in [5.41, 5.74) is 3.43. The largest absolute Gasteiger partial charge is 0.454 e. The Morgan fingerprint density at radius 3 is 2.90 bits per heavy atom. The molecule has 0 aliphatic carbocycles. The van der Waals surface area contributed by atoms with Crippen LogP contribution in [0.2, 0.25) is 0 Å². The second-order valence-electron chi connectivity index (χ2n) is 4.60. The molecule has 1 aliphatic rings. The molecule has 0 radical (unpaired) electrons. The zero-order chi connectivity index (χ0) is 14.1. The summed E-state index contributed by atoms with van der Waals surface area (Å²) in [4.78, 5) is 0. The maximum absolute atomic E-state index is 5.43. The first-order chi connectivity index (χ1) is 9.65. The van der Waals surface area contributed by atoms with Crippen molar-refractivity contribution < 1.29 is 9.47 Å². The van der Waals surface area contributed by atoms with E-state index in [9.17, 15) is 0 Å². The number of hydrogen-bond donors (Lipinski definition) is 1. The quantitative estimate of drug-likeness (QED) is 0.800. The molecule has 0 spiro atoms. The minimum atomic E-state index is 0.286. The smallest absolute Gasteiger partial charge is 0.231 e. The summed E-state index contributed by atoms with van der Waals surface area (Å²) in [5, 5.41) is 3.42. The fourth-order valence-corrected chi connectivity index (χ4v) is 3.11. The molecule has 5 heteroatoms. The predicted octanol–water partition coefficient (Wildman–Crippen LogP) is 4.86. The molecule has 0 saturated heterocycles. The molecule has 20 heavy (non-hydrogen) atoms. The Morgan fingerprint density at radius 1 is 1.20 bits per heavy atom. The summed E-state index contributed by atoms with van der Waals surface area (Å²) in [6.07, 6.45) is 0. The maximum atomic E-state index is 5.43. The molecule has 0 aromatic heterocycles. The maximum Gasteiger partial charge on any atom is 0.231 e. The van der Waals surface area contributed by atoms with Crippen molar-refractivity contribution in [2.24, 2.45) is 0 Å². The standard InChI is InChI=1S/C15H13Br2NO2/c1-9-3-2-4-12(14(9)17)18-7-10-5-11(16)15-13(6-10)19-8-20-15/h2-6,18H,7-8H2,1H3. The topological polar surface area (TPSA) is 30.5 Å². The lowest BCUT2D eigenvalue weighted by molar-refractivity contribution is 0.173. The summed E-state index contributed by atoms with van der Waals surface area (Å²) < 4.78 is 12.8. The number of hydrogen-bond acceptors (Lipinski definition) is 3. The zero-order valence-corrected chi connectivity index (χ0v) is 14.0. The van der Waals surface area contributed by atoms with E-state index in [-0.39, 0.29) is 6.79 Å². The number of rotatable bonds is 3. The molecule has 1 aliphatic heterocycles. The third-order valence-corrected chi connectivity index (χ3v) is 4.80. The van der Waals surface area contributed by atoms with Crippen molar-refractivity contribution in [3.8, 4) is 11.5 Å². The summed E-state index contributed by atoms with van der Waals surface area (Å²) in [5.74, 6) is 1.57. The van der Waals surface area contributed by atoms with Gasteiger partial charge in [0.25, 0.3) is 0 Å². The Morgan fingerprint density at radius 2 is 2.05 bits per heavy atom. The van der Waals surface area contributed by atoms with Gasteiger partial charge in [0.2, 0.25) is 6.79 Å². The van der Waals surface area contributed by atoms with Gasteiger partial charge in [-0.15, -0.1) is 0 Å². The van der Waals surface area contributed by atoms with Crippen LogP contribution in [0.1, 0.15) is 11.1 Å². The second-order valence-corrected chi connectivity index (χ2v) is 6.25. The first-order valence-electron chi connectivity index (χ1n) is 6.22. The van der Waals surface area contributed by atoms with Crippen LogP contribution in [-0.2, 0) is 6.54 Å². The lowest BCUT2D eigenvalue weighted by Crippen LogP contribution is -2.00. The minimum absolute atomic E-state index is 0.286. The second kappa shape index (κ2) is 5.66. The van der Waals surface area contributed by atoms with Crippen LogP contribution in [0.3, 0.4) is 0 Å². The van der Waals surface area contributed by atoms with Crippen molar-refractivity contribution in [2.45, 2.75) is 13.5 Å². The highest BCUT2D eigenvalue weighted by molar-refractivity contribution is 9.11. The van der Waals surface area contributed by atoms with E-state index < -0.39 is 0 Å². The molecule has 0 amide bonds. The van der Waals surface area contributed by atoms with E-state index in [4.69, 9.17) is 9.47 Å². The molecular formula is C15H13Br2NO2. The molecule has 104 valence electrons. The zero-order valence-electron chi connectivity index (χ0n) is 10.9. The Labute approximate surface area is 134 Å². The Balaban J connectivity index is 1.79. The number of fused-ring (bicyclic) bond motifs is 1. The van der Waals surface area contributed by atoms with Crippen LogP contribution in [0, 0.1) is 6.92 Å². The SMILES string of the molecule is Cc1cccc(NCc2cc(Br)c3c(c2)OCO3)c1Br. The first kappa shape index (κ1) is 13.8. The monoisotopic (exact) mass is 397 g/mol. The summed E-state index contributed by atoms with van der Waals surface area (Å²) in [6, 6.07) is 10.2. The van der Waals surface area contributed by atoms with Crippen LogP contribution in [-0.4, -0.2) is 6.79 Å². The van der Waals surface area contributed by atoms with E-state index in [1.807, 2.05) is 18.2 Å². The minimum Gasteiger partial charge on any atom is -0.454 e. The fourth-order valence-electron chi connectivity index (χ4n) is 2.10. The van der Waals surface area contributed by atoms with Gasteiger partial charge in [-0.2, -0.15) is 0 Å². The molecule has 3 nitrogen and oxygen atoms in total. The van der Waals surface area contributed by atoms with Crippen molar-refractivity contribution in [3.63, 3.8) is 0 Å². The van der Waals surface area contributed by atoms with E-state index in [0.29, 0.717) is 0 Å². The molecule has 0 bridgehead atoms. The molecule has 2 aromatic carbocycles. The van der Waals surface area contributed by atoms with Crippen molar-refractivity contribution in [1.82, 2.24) is 0 Å². The van der Waals surface area contributed by atoms with Gasteiger partial charge in [-0.1, -0.05) is 12.1 Å². The average molecular weight is 399 g/mol. The van der Waals surface area contributed by atoms with Crippen LogP contribution in [0.25, 0.3) is 0 Å². The number of anilines is 1. The molecule has 0 unspecified atom stereocenters. The number of nitrogens with one attached hydrogen (secondary N) is 1. The van der Waals surface area contributed by atoms with Gasteiger partial charge in [-0.3, -0.25) is 0 Å². The van der Waals surface area contributed by atoms with Gasteiger partial charge in [0.15, 0.2) is 11.5 Å². The van der Waals surface area contributed by atoms with Crippen LogP contribution in [0.4, 0.5) is 5.69 Å². The number of benzene rings is 2. The van der Waals surface area contributed by atoms with Gasteiger partial charge in [0.05, 0.1) is 4.47 Å². The molecule has 1 heterocycles. The lowest BCUT2D eigenvalue weighted by atomic mass is 10.2. The van der Waals surface area contributed by atoms with Crippen LogP contribution < -0.4 is 14.8 Å². The van der Waals surface area contributed by atoms with Gasteiger partial charge >= 0.3 is 0 Å². The van der Waals surface area contributed by atoms with Crippen molar-refractivity contribution in [2.75, 3.05) is 12.1 Å².